The molecule has 1 atom stereocenters. The molecule has 5 nitrogen and oxygen atoms in total. The lowest BCUT2D eigenvalue weighted by Crippen LogP contribution is -2.36. The van der Waals surface area contributed by atoms with Crippen LogP contribution in [0.25, 0.3) is 0 Å². The van der Waals surface area contributed by atoms with Crippen molar-refractivity contribution in [1.82, 2.24) is 10.6 Å². The van der Waals surface area contributed by atoms with E-state index in [-0.39, 0.29) is 6.04 Å². The minimum Gasteiger partial charge on any atom is -0.465 e. The molecule has 66 valence electrons. The van der Waals surface area contributed by atoms with E-state index in [0.29, 0.717) is 19.6 Å². The fraction of sp³-hybridized carbons (Fsp3) is 0.833. The van der Waals surface area contributed by atoms with Crippen LogP contribution in [-0.4, -0.2) is 36.9 Å². The van der Waals surface area contributed by atoms with Crippen LogP contribution in [0.3, 0.4) is 0 Å². The largest absolute Gasteiger partial charge is 0.465 e. The molecule has 0 bridgehead atoms. The third kappa shape index (κ3) is 9.19. The maximum absolute atomic E-state index is 9.93. The molecular formula is C6H15N3O2. The van der Waals surface area contributed by atoms with E-state index in [1.54, 1.807) is 0 Å². The summed E-state index contributed by atoms with van der Waals surface area (Å²) in [5.74, 6) is 0. The Hall–Kier alpha value is -0.810. The molecule has 0 aliphatic rings. The molecule has 0 aromatic rings. The summed E-state index contributed by atoms with van der Waals surface area (Å²) in [7, 11) is 0. The Morgan fingerprint density at radius 3 is 2.73 bits per heavy atom. The number of carbonyl (C=O) groups is 1. The highest BCUT2D eigenvalue weighted by Crippen LogP contribution is 1.68. The number of nitrogens with one attached hydrogen (secondary N) is 2. The van der Waals surface area contributed by atoms with E-state index in [2.05, 4.69) is 10.6 Å². The standard InChI is InChI=1S/C6H15N3O2/c1-5(7)4-8-2-3-9-6(10)11/h5,8-9H,2-4,7H2,1H3,(H,10,11)/t5-/m0/s1. The summed E-state index contributed by atoms with van der Waals surface area (Å²) in [4.78, 5) is 9.93. The molecule has 0 aromatic carbocycles. The van der Waals surface area contributed by atoms with Gasteiger partial charge in [0, 0.05) is 25.7 Å². The maximum Gasteiger partial charge on any atom is 0.404 e. The van der Waals surface area contributed by atoms with Crippen LogP contribution in [-0.2, 0) is 0 Å². The molecule has 5 N–H and O–H groups in total. The molecular weight excluding hydrogens is 146 g/mol. The highest BCUT2D eigenvalue weighted by Gasteiger charge is 1.93. The SMILES string of the molecule is C[C@H](N)CNCCNC(=O)O. The first kappa shape index (κ1) is 10.2. The zero-order valence-electron chi connectivity index (χ0n) is 6.63. The van der Waals surface area contributed by atoms with E-state index < -0.39 is 6.09 Å². The van der Waals surface area contributed by atoms with Gasteiger partial charge in [-0.3, -0.25) is 0 Å². The van der Waals surface area contributed by atoms with Crippen LogP contribution in [0.5, 0.6) is 0 Å². The highest BCUT2D eigenvalue weighted by atomic mass is 16.4. The van der Waals surface area contributed by atoms with Crippen molar-refractivity contribution >= 4 is 6.09 Å². The van der Waals surface area contributed by atoms with Gasteiger partial charge in [-0.05, 0) is 6.92 Å². The summed E-state index contributed by atoms with van der Waals surface area (Å²) in [6, 6.07) is 0.111. The van der Waals surface area contributed by atoms with Crippen molar-refractivity contribution < 1.29 is 9.90 Å². The van der Waals surface area contributed by atoms with E-state index in [4.69, 9.17) is 10.8 Å². The second-order valence-corrected chi connectivity index (χ2v) is 2.41. The van der Waals surface area contributed by atoms with Crippen LogP contribution in [0, 0.1) is 0 Å². The monoisotopic (exact) mass is 161 g/mol. The number of hydrogen-bond acceptors (Lipinski definition) is 3. The number of amides is 1. The fourth-order valence-corrected chi connectivity index (χ4v) is 0.588. The second kappa shape index (κ2) is 5.94. The van der Waals surface area contributed by atoms with Gasteiger partial charge in [-0.25, -0.2) is 4.79 Å². The quantitative estimate of drug-likeness (QED) is 0.397. The van der Waals surface area contributed by atoms with Gasteiger partial charge in [-0.2, -0.15) is 0 Å². The van der Waals surface area contributed by atoms with Crippen molar-refractivity contribution in [2.75, 3.05) is 19.6 Å². The Morgan fingerprint density at radius 2 is 2.27 bits per heavy atom. The predicted octanol–water partition coefficient (Wildman–Crippen LogP) is -0.809. The number of nitrogens with two attached hydrogens (primary N) is 1. The number of rotatable bonds is 5. The van der Waals surface area contributed by atoms with Gasteiger partial charge in [-0.15, -0.1) is 0 Å². The van der Waals surface area contributed by atoms with E-state index in [9.17, 15) is 4.79 Å². The van der Waals surface area contributed by atoms with Crippen LogP contribution in [0.15, 0.2) is 0 Å². The van der Waals surface area contributed by atoms with Crippen LogP contribution in [0.1, 0.15) is 6.92 Å². The molecule has 0 fully saturated rings. The first-order chi connectivity index (χ1) is 5.13. The van der Waals surface area contributed by atoms with Crippen molar-refractivity contribution in [3.63, 3.8) is 0 Å². The Morgan fingerprint density at radius 1 is 1.64 bits per heavy atom. The molecule has 0 heterocycles. The molecule has 5 heteroatoms. The van der Waals surface area contributed by atoms with Gasteiger partial charge in [0.1, 0.15) is 0 Å². The fourth-order valence-electron chi connectivity index (χ4n) is 0.588. The maximum atomic E-state index is 9.93. The summed E-state index contributed by atoms with van der Waals surface area (Å²) in [5, 5.41) is 13.4. The number of hydrogen-bond donors (Lipinski definition) is 4. The van der Waals surface area contributed by atoms with Crippen molar-refractivity contribution in [3.05, 3.63) is 0 Å². The van der Waals surface area contributed by atoms with E-state index in [1.807, 2.05) is 6.92 Å². The van der Waals surface area contributed by atoms with Crippen molar-refractivity contribution in [2.24, 2.45) is 5.73 Å². The molecule has 0 saturated heterocycles. The van der Waals surface area contributed by atoms with Gasteiger partial charge in [0.2, 0.25) is 0 Å². The van der Waals surface area contributed by atoms with Gasteiger partial charge < -0.3 is 21.5 Å². The third-order valence-electron chi connectivity index (χ3n) is 1.04. The molecule has 0 spiro atoms. The van der Waals surface area contributed by atoms with Crippen LogP contribution in [0.2, 0.25) is 0 Å². The van der Waals surface area contributed by atoms with E-state index in [1.165, 1.54) is 0 Å². The Bertz CT molecular complexity index is 116. The summed E-state index contributed by atoms with van der Waals surface area (Å²) < 4.78 is 0. The average molecular weight is 161 g/mol. The van der Waals surface area contributed by atoms with Gasteiger partial charge in [0.25, 0.3) is 0 Å². The first-order valence-electron chi connectivity index (χ1n) is 3.56. The minimum atomic E-state index is -0.993. The molecule has 0 aromatic heterocycles. The van der Waals surface area contributed by atoms with Crippen molar-refractivity contribution in [1.29, 1.82) is 0 Å². The predicted molar refractivity (Wildman–Crippen MR) is 42.5 cm³/mol. The summed E-state index contributed by atoms with van der Waals surface area (Å²) in [6.07, 6.45) is -0.993. The lowest BCUT2D eigenvalue weighted by atomic mass is 10.3. The molecule has 11 heavy (non-hydrogen) atoms. The van der Waals surface area contributed by atoms with Crippen molar-refractivity contribution in [3.8, 4) is 0 Å². The first-order valence-corrected chi connectivity index (χ1v) is 3.56. The Kier molecular flexibility index (Phi) is 5.50. The summed E-state index contributed by atoms with van der Waals surface area (Å²) >= 11 is 0. The molecule has 0 saturated carbocycles. The van der Waals surface area contributed by atoms with Gasteiger partial charge in [-0.1, -0.05) is 0 Å². The molecule has 0 aliphatic carbocycles. The zero-order chi connectivity index (χ0) is 8.69. The molecule has 1 amide bonds. The minimum absolute atomic E-state index is 0.111. The van der Waals surface area contributed by atoms with Gasteiger partial charge >= 0.3 is 6.09 Å². The van der Waals surface area contributed by atoms with Gasteiger partial charge in [0.15, 0.2) is 0 Å². The topological polar surface area (TPSA) is 87.4 Å². The number of carboxylic acid groups (broad SMARTS) is 1. The third-order valence-corrected chi connectivity index (χ3v) is 1.04. The van der Waals surface area contributed by atoms with E-state index >= 15 is 0 Å². The Labute approximate surface area is 66.0 Å². The van der Waals surface area contributed by atoms with Crippen LogP contribution in [0.4, 0.5) is 4.79 Å². The van der Waals surface area contributed by atoms with Crippen LogP contribution >= 0.6 is 0 Å². The summed E-state index contributed by atoms with van der Waals surface area (Å²) in [6.45, 7) is 3.63. The molecule has 0 radical (unpaired) electrons. The van der Waals surface area contributed by atoms with Gasteiger partial charge in [0.05, 0.1) is 0 Å². The van der Waals surface area contributed by atoms with Crippen LogP contribution < -0.4 is 16.4 Å². The lowest BCUT2D eigenvalue weighted by Gasteiger charge is -2.06. The zero-order valence-corrected chi connectivity index (χ0v) is 6.63. The molecule has 0 aliphatic heterocycles. The molecule has 0 rings (SSSR count). The van der Waals surface area contributed by atoms with Crippen molar-refractivity contribution in [2.45, 2.75) is 13.0 Å². The van der Waals surface area contributed by atoms with E-state index in [0.717, 1.165) is 0 Å². The second-order valence-electron chi connectivity index (χ2n) is 2.41. The Balaban J connectivity index is 2.97. The summed E-state index contributed by atoms with van der Waals surface area (Å²) in [5.41, 5.74) is 5.44. The lowest BCUT2D eigenvalue weighted by molar-refractivity contribution is 0.194. The molecule has 0 unspecified atom stereocenters. The smallest absolute Gasteiger partial charge is 0.404 e. The highest BCUT2D eigenvalue weighted by molar-refractivity contribution is 5.64. The average Bonchev–Trinajstić information content (AvgIpc) is 1.85. The normalized spacial score (nSPS) is 12.5.